The molecule has 112 valence electrons. The molecule has 0 saturated carbocycles. The molecule has 0 spiro atoms. The number of nitrogens with one attached hydrogen (secondary N) is 1. The van der Waals surface area contributed by atoms with Gasteiger partial charge >= 0.3 is 0 Å². The van der Waals surface area contributed by atoms with Crippen molar-refractivity contribution < 1.29 is 0 Å². The van der Waals surface area contributed by atoms with Crippen molar-refractivity contribution >= 4 is 5.69 Å². The first kappa shape index (κ1) is 15.4. The van der Waals surface area contributed by atoms with Gasteiger partial charge in [-0.2, -0.15) is 0 Å². The van der Waals surface area contributed by atoms with Gasteiger partial charge in [0.1, 0.15) is 0 Å². The van der Waals surface area contributed by atoms with E-state index in [1.165, 1.54) is 50.0 Å². The predicted octanol–water partition coefficient (Wildman–Crippen LogP) is 4.17. The van der Waals surface area contributed by atoms with Crippen LogP contribution in [0.3, 0.4) is 0 Å². The van der Waals surface area contributed by atoms with Crippen LogP contribution in [0, 0.1) is 5.92 Å². The lowest BCUT2D eigenvalue weighted by molar-refractivity contribution is 0.171. The maximum absolute atomic E-state index is 3.60. The molecule has 0 aromatic heterocycles. The van der Waals surface area contributed by atoms with Crippen molar-refractivity contribution in [2.75, 3.05) is 25.0 Å². The molecule has 0 saturated heterocycles. The maximum atomic E-state index is 3.60. The number of benzene rings is 1. The first-order valence-electron chi connectivity index (χ1n) is 8.30. The molecule has 0 radical (unpaired) electrons. The van der Waals surface area contributed by atoms with Crippen molar-refractivity contribution in [1.29, 1.82) is 0 Å². The van der Waals surface area contributed by atoms with Gasteiger partial charge in [0, 0.05) is 24.8 Å². The van der Waals surface area contributed by atoms with Crippen LogP contribution in [0.2, 0.25) is 0 Å². The Morgan fingerprint density at radius 2 is 2.10 bits per heavy atom. The smallest absolute Gasteiger partial charge is 0.0372 e. The average Bonchev–Trinajstić information content (AvgIpc) is 2.50. The van der Waals surface area contributed by atoms with E-state index in [9.17, 15) is 0 Å². The van der Waals surface area contributed by atoms with Gasteiger partial charge in [-0.05, 0) is 50.3 Å². The van der Waals surface area contributed by atoms with Crippen molar-refractivity contribution in [2.45, 2.75) is 52.5 Å². The normalized spacial score (nSPS) is 19.5. The number of hydrogen-bond acceptors (Lipinski definition) is 2. The largest absolute Gasteiger partial charge is 0.384 e. The van der Waals surface area contributed by atoms with Crippen LogP contribution < -0.4 is 5.32 Å². The quantitative estimate of drug-likeness (QED) is 0.802. The Balaban J connectivity index is 1.94. The Hall–Kier alpha value is -1.02. The van der Waals surface area contributed by atoms with Gasteiger partial charge in [0.15, 0.2) is 0 Å². The molecule has 0 fully saturated rings. The van der Waals surface area contributed by atoms with Crippen molar-refractivity contribution in [3.05, 3.63) is 29.8 Å². The lowest BCUT2D eigenvalue weighted by Gasteiger charge is -2.34. The minimum absolute atomic E-state index is 0.707. The first-order chi connectivity index (χ1) is 9.74. The summed E-state index contributed by atoms with van der Waals surface area (Å²) < 4.78 is 0. The van der Waals surface area contributed by atoms with Gasteiger partial charge in [0.25, 0.3) is 0 Å². The van der Waals surface area contributed by atoms with Crippen LogP contribution in [0.15, 0.2) is 24.3 Å². The molecule has 1 aromatic rings. The van der Waals surface area contributed by atoms with E-state index >= 15 is 0 Å². The summed E-state index contributed by atoms with van der Waals surface area (Å²) in [5.74, 6) is 0.746. The maximum Gasteiger partial charge on any atom is 0.0372 e. The number of rotatable bonds is 7. The zero-order valence-corrected chi connectivity index (χ0v) is 13.4. The van der Waals surface area contributed by atoms with Gasteiger partial charge in [-0.25, -0.2) is 0 Å². The molecule has 1 aromatic carbocycles. The third kappa shape index (κ3) is 3.99. The lowest BCUT2D eigenvalue weighted by atomic mass is 9.93. The third-order valence-electron chi connectivity index (χ3n) is 4.61. The number of fused-ring (bicyclic) bond motifs is 1. The fraction of sp³-hybridized carbons (Fsp3) is 0.667. The molecule has 2 unspecified atom stereocenters. The van der Waals surface area contributed by atoms with Gasteiger partial charge < -0.3 is 10.2 Å². The summed E-state index contributed by atoms with van der Waals surface area (Å²) >= 11 is 0. The predicted molar refractivity (Wildman–Crippen MR) is 88.4 cm³/mol. The molecule has 1 aliphatic heterocycles. The van der Waals surface area contributed by atoms with Crippen molar-refractivity contribution in [1.82, 2.24) is 4.90 Å². The standard InChI is InChI=1S/C18H30N2/c1-4-6-11-20(15(3)5-2)14-16-12-17-9-7-8-10-18(17)19-13-16/h7-10,15-16,19H,4-6,11-14H2,1-3H3. The highest BCUT2D eigenvalue weighted by molar-refractivity contribution is 5.53. The minimum atomic E-state index is 0.707. The highest BCUT2D eigenvalue weighted by Crippen LogP contribution is 2.25. The van der Waals surface area contributed by atoms with Gasteiger partial charge in [0.2, 0.25) is 0 Å². The van der Waals surface area contributed by atoms with Gasteiger partial charge in [-0.15, -0.1) is 0 Å². The van der Waals surface area contributed by atoms with Crippen molar-refractivity contribution in [3.63, 3.8) is 0 Å². The summed E-state index contributed by atoms with van der Waals surface area (Å²) in [5.41, 5.74) is 2.83. The van der Waals surface area contributed by atoms with E-state index in [4.69, 9.17) is 0 Å². The number of nitrogens with zero attached hydrogens (tertiary/aromatic N) is 1. The molecule has 2 nitrogen and oxygen atoms in total. The van der Waals surface area contributed by atoms with Gasteiger partial charge in [-0.1, -0.05) is 38.5 Å². The number of para-hydroxylation sites is 1. The Morgan fingerprint density at radius 3 is 2.85 bits per heavy atom. The topological polar surface area (TPSA) is 15.3 Å². The average molecular weight is 274 g/mol. The molecule has 20 heavy (non-hydrogen) atoms. The van der Waals surface area contributed by atoms with Crippen LogP contribution in [-0.2, 0) is 6.42 Å². The second-order valence-corrected chi connectivity index (χ2v) is 6.21. The molecule has 1 aliphatic rings. The van der Waals surface area contributed by atoms with Gasteiger partial charge in [0.05, 0.1) is 0 Å². The Bertz CT molecular complexity index is 402. The molecule has 2 atom stereocenters. The van der Waals surface area contributed by atoms with E-state index in [0.717, 1.165) is 12.5 Å². The molecule has 2 heteroatoms. The monoisotopic (exact) mass is 274 g/mol. The molecule has 0 aliphatic carbocycles. The van der Waals surface area contributed by atoms with E-state index in [1.807, 2.05) is 0 Å². The summed E-state index contributed by atoms with van der Waals surface area (Å²) in [4.78, 5) is 2.70. The lowest BCUT2D eigenvalue weighted by Crippen LogP contribution is -2.41. The number of hydrogen-bond donors (Lipinski definition) is 1. The minimum Gasteiger partial charge on any atom is -0.384 e. The second-order valence-electron chi connectivity index (χ2n) is 6.21. The van der Waals surface area contributed by atoms with E-state index in [1.54, 1.807) is 0 Å². The molecule has 0 bridgehead atoms. The van der Waals surface area contributed by atoms with Crippen LogP contribution in [-0.4, -0.2) is 30.6 Å². The zero-order valence-electron chi connectivity index (χ0n) is 13.4. The van der Waals surface area contributed by atoms with Crippen LogP contribution in [0.5, 0.6) is 0 Å². The summed E-state index contributed by atoms with van der Waals surface area (Å²) in [6, 6.07) is 9.47. The molecular formula is C18H30N2. The molecule has 1 N–H and O–H groups in total. The highest BCUT2D eigenvalue weighted by atomic mass is 15.2. The Morgan fingerprint density at radius 1 is 1.30 bits per heavy atom. The molecule has 1 heterocycles. The van der Waals surface area contributed by atoms with Gasteiger partial charge in [-0.3, -0.25) is 0 Å². The number of anilines is 1. The summed E-state index contributed by atoms with van der Waals surface area (Å²) in [6.45, 7) is 10.6. The fourth-order valence-electron chi connectivity index (χ4n) is 3.08. The van der Waals surface area contributed by atoms with E-state index < -0.39 is 0 Å². The van der Waals surface area contributed by atoms with E-state index in [0.29, 0.717) is 6.04 Å². The second kappa shape index (κ2) is 7.68. The first-order valence-corrected chi connectivity index (χ1v) is 8.30. The van der Waals surface area contributed by atoms with Crippen LogP contribution in [0.1, 0.15) is 45.6 Å². The SMILES string of the molecule is CCCCN(CC1CNc2ccccc2C1)C(C)CC. The molecule has 2 rings (SSSR count). The van der Waals surface area contributed by atoms with Crippen molar-refractivity contribution in [2.24, 2.45) is 5.92 Å². The highest BCUT2D eigenvalue weighted by Gasteiger charge is 2.22. The molecular weight excluding hydrogens is 244 g/mol. The third-order valence-corrected chi connectivity index (χ3v) is 4.61. The van der Waals surface area contributed by atoms with Crippen LogP contribution in [0.25, 0.3) is 0 Å². The Kier molecular flexibility index (Phi) is 5.90. The molecule has 0 amide bonds. The zero-order chi connectivity index (χ0) is 14.4. The fourth-order valence-corrected chi connectivity index (χ4v) is 3.08. The summed E-state index contributed by atoms with van der Waals surface area (Å²) in [5, 5.41) is 3.60. The summed E-state index contributed by atoms with van der Waals surface area (Å²) in [7, 11) is 0. The van der Waals surface area contributed by atoms with E-state index in [-0.39, 0.29) is 0 Å². The van der Waals surface area contributed by atoms with Crippen molar-refractivity contribution in [3.8, 4) is 0 Å². The van der Waals surface area contributed by atoms with Crippen LogP contribution >= 0.6 is 0 Å². The Labute approximate surface area is 124 Å². The van der Waals surface area contributed by atoms with Crippen LogP contribution in [0.4, 0.5) is 5.69 Å². The van der Waals surface area contributed by atoms with E-state index in [2.05, 4.69) is 55.3 Å². The number of unbranched alkanes of at least 4 members (excludes halogenated alkanes) is 1. The summed E-state index contributed by atoms with van der Waals surface area (Å²) in [6.07, 6.45) is 5.09.